The Morgan fingerprint density at radius 1 is 1.56 bits per heavy atom. The van der Waals surface area contributed by atoms with Gasteiger partial charge >= 0.3 is 0 Å². The molecule has 0 spiro atoms. The highest BCUT2D eigenvalue weighted by molar-refractivity contribution is 6.30. The molecule has 0 aliphatic rings. The number of carbonyl (C=O) groups excluding carboxylic acids is 1. The zero-order valence-electron chi connectivity index (χ0n) is 9.23. The summed E-state index contributed by atoms with van der Waals surface area (Å²) < 4.78 is 14.2. The fourth-order valence-electron chi connectivity index (χ4n) is 1.41. The third-order valence-electron chi connectivity index (χ3n) is 2.20. The molecule has 0 radical (unpaired) electrons. The molecule has 0 saturated heterocycles. The molecule has 3 N–H and O–H groups in total. The maximum Gasteiger partial charge on any atom is 0.246 e. The van der Waals surface area contributed by atoms with Crippen molar-refractivity contribution in [3.8, 4) is 0 Å². The minimum atomic E-state index is -0.454. The first-order valence-electron chi connectivity index (χ1n) is 5.07. The number of carbonyl (C=O) groups is 1. The van der Waals surface area contributed by atoms with Gasteiger partial charge in [-0.25, -0.2) is 4.39 Å². The van der Waals surface area contributed by atoms with Crippen molar-refractivity contribution in [1.29, 1.82) is 0 Å². The Kier molecular flexibility index (Phi) is 3.47. The first-order valence-corrected chi connectivity index (χ1v) is 5.45. The fraction of sp³-hybridized carbons (Fsp3) is 0.0909. The zero-order chi connectivity index (χ0) is 13.1. The molecule has 0 fully saturated rings. The van der Waals surface area contributed by atoms with E-state index >= 15 is 0 Å². The predicted octanol–water partition coefficient (Wildman–Crippen LogP) is 1.90. The number of benzene rings is 1. The van der Waals surface area contributed by atoms with Gasteiger partial charge in [-0.15, -0.1) is 0 Å². The number of nitrogen functional groups attached to an aromatic ring is 1. The molecule has 1 aromatic carbocycles. The average Bonchev–Trinajstić information content (AvgIpc) is 2.68. The van der Waals surface area contributed by atoms with Crippen LogP contribution in [0.1, 0.15) is 0 Å². The van der Waals surface area contributed by atoms with Crippen molar-refractivity contribution in [3.63, 3.8) is 0 Å². The lowest BCUT2D eigenvalue weighted by Gasteiger charge is -2.08. The largest absolute Gasteiger partial charge is 0.397 e. The number of aromatic nitrogens is 2. The molecule has 7 heteroatoms. The number of hydrogen-bond donors (Lipinski definition) is 2. The van der Waals surface area contributed by atoms with Crippen LogP contribution in [-0.2, 0) is 11.3 Å². The lowest BCUT2D eigenvalue weighted by Crippen LogP contribution is -2.19. The smallest absolute Gasteiger partial charge is 0.246 e. The highest BCUT2D eigenvalue weighted by Gasteiger charge is 2.07. The molecular formula is C11H10ClFN4O. The van der Waals surface area contributed by atoms with E-state index in [4.69, 9.17) is 17.3 Å². The number of halogens is 2. The van der Waals surface area contributed by atoms with E-state index in [-0.39, 0.29) is 18.1 Å². The number of rotatable bonds is 3. The molecule has 1 heterocycles. The standard InChI is InChI=1S/C11H10ClFN4O/c12-7-4-15-17(5-7)6-11(18)16-10-2-1-8(13)3-9(10)14/h1-5H,6,14H2,(H,16,18). The third kappa shape index (κ3) is 2.98. The summed E-state index contributed by atoms with van der Waals surface area (Å²) >= 11 is 5.67. The molecule has 0 unspecified atom stereocenters. The quantitative estimate of drug-likeness (QED) is 0.835. The number of anilines is 2. The molecule has 0 aliphatic heterocycles. The summed E-state index contributed by atoms with van der Waals surface area (Å²) in [6.07, 6.45) is 2.95. The molecular weight excluding hydrogens is 259 g/mol. The number of nitrogens with zero attached hydrogens (tertiary/aromatic N) is 2. The normalized spacial score (nSPS) is 10.3. The minimum absolute atomic E-state index is 0.00351. The van der Waals surface area contributed by atoms with Crippen LogP contribution in [0.2, 0.25) is 5.02 Å². The van der Waals surface area contributed by atoms with Gasteiger partial charge in [-0.1, -0.05) is 11.6 Å². The third-order valence-corrected chi connectivity index (χ3v) is 2.39. The summed E-state index contributed by atoms with van der Waals surface area (Å²) in [5.41, 5.74) is 6.10. The van der Waals surface area contributed by atoms with Crippen LogP contribution in [0.25, 0.3) is 0 Å². The van der Waals surface area contributed by atoms with Gasteiger partial charge in [0.2, 0.25) is 5.91 Å². The van der Waals surface area contributed by atoms with E-state index in [1.54, 1.807) is 0 Å². The summed E-state index contributed by atoms with van der Waals surface area (Å²) in [6, 6.07) is 3.76. The van der Waals surface area contributed by atoms with Crippen molar-refractivity contribution in [2.75, 3.05) is 11.1 Å². The first kappa shape index (κ1) is 12.4. The van der Waals surface area contributed by atoms with Crippen LogP contribution in [0.5, 0.6) is 0 Å². The molecule has 18 heavy (non-hydrogen) atoms. The van der Waals surface area contributed by atoms with E-state index in [0.29, 0.717) is 10.7 Å². The second-order valence-electron chi connectivity index (χ2n) is 3.64. The monoisotopic (exact) mass is 268 g/mol. The van der Waals surface area contributed by atoms with E-state index in [2.05, 4.69) is 10.4 Å². The van der Waals surface area contributed by atoms with E-state index in [9.17, 15) is 9.18 Å². The predicted molar refractivity (Wildman–Crippen MR) is 66.7 cm³/mol. The Hall–Kier alpha value is -2.08. The molecule has 5 nitrogen and oxygen atoms in total. The van der Waals surface area contributed by atoms with Crippen molar-refractivity contribution in [3.05, 3.63) is 41.4 Å². The summed E-state index contributed by atoms with van der Waals surface area (Å²) in [4.78, 5) is 11.7. The maximum absolute atomic E-state index is 12.8. The minimum Gasteiger partial charge on any atom is -0.397 e. The van der Waals surface area contributed by atoms with Gasteiger partial charge < -0.3 is 11.1 Å². The van der Waals surface area contributed by atoms with Crippen molar-refractivity contribution >= 4 is 28.9 Å². The molecule has 0 bridgehead atoms. The Morgan fingerprint density at radius 3 is 2.94 bits per heavy atom. The van der Waals surface area contributed by atoms with Gasteiger partial charge in [-0.05, 0) is 18.2 Å². The van der Waals surface area contributed by atoms with Crippen LogP contribution in [-0.4, -0.2) is 15.7 Å². The van der Waals surface area contributed by atoms with E-state index < -0.39 is 5.82 Å². The van der Waals surface area contributed by atoms with Gasteiger partial charge in [0, 0.05) is 6.20 Å². The molecule has 2 aromatic rings. The van der Waals surface area contributed by atoms with Gasteiger partial charge in [0.25, 0.3) is 0 Å². The van der Waals surface area contributed by atoms with Gasteiger partial charge in [0.1, 0.15) is 12.4 Å². The van der Waals surface area contributed by atoms with Gasteiger partial charge in [0.15, 0.2) is 0 Å². The lowest BCUT2D eigenvalue weighted by molar-refractivity contribution is -0.116. The molecule has 94 valence electrons. The van der Waals surface area contributed by atoms with E-state index in [0.717, 1.165) is 6.07 Å². The van der Waals surface area contributed by atoms with Crippen LogP contribution in [0.15, 0.2) is 30.6 Å². The van der Waals surface area contributed by atoms with Gasteiger partial charge in [0.05, 0.1) is 22.6 Å². The molecule has 1 aromatic heterocycles. The molecule has 0 saturated carbocycles. The summed E-state index contributed by atoms with van der Waals surface area (Å²) in [5.74, 6) is -0.780. The Labute approximate surface area is 107 Å². The summed E-state index contributed by atoms with van der Waals surface area (Å²) in [6.45, 7) is 0.00351. The van der Waals surface area contributed by atoms with Crippen molar-refractivity contribution < 1.29 is 9.18 Å². The van der Waals surface area contributed by atoms with E-state index in [1.807, 2.05) is 0 Å². The first-order chi connectivity index (χ1) is 8.54. The Bertz CT molecular complexity index is 584. The Morgan fingerprint density at radius 2 is 2.33 bits per heavy atom. The molecule has 2 rings (SSSR count). The molecule has 0 atom stereocenters. The second kappa shape index (κ2) is 5.05. The summed E-state index contributed by atoms with van der Waals surface area (Å²) in [7, 11) is 0. The highest BCUT2D eigenvalue weighted by atomic mass is 35.5. The summed E-state index contributed by atoms with van der Waals surface area (Å²) in [5, 5.41) is 6.88. The van der Waals surface area contributed by atoms with Crippen LogP contribution < -0.4 is 11.1 Å². The maximum atomic E-state index is 12.8. The number of nitrogens with two attached hydrogens (primary N) is 1. The van der Waals surface area contributed by atoms with Crippen LogP contribution in [0.4, 0.5) is 15.8 Å². The number of hydrogen-bond acceptors (Lipinski definition) is 3. The van der Waals surface area contributed by atoms with Crippen LogP contribution in [0.3, 0.4) is 0 Å². The van der Waals surface area contributed by atoms with Crippen molar-refractivity contribution in [2.45, 2.75) is 6.54 Å². The van der Waals surface area contributed by atoms with Crippen LogP contribution in [0, 0.1) is 5.82 Å². The van der Waals surface area contributed by atoms with Gasteiger partial charge in [-0.2, -0.15) is 5.10 Å². The lowest BCUT2D eigenvalue weighted by atomic mass is 10.2. The SMILES string of the molecule is Nc1cc(F)ccc1NC(=O)Cn1cc(Cl)cn1. The average molecular weight is 269 g/mol. The zero-order valence-corrected chi connectivity index (χ0v) is 9.99. The topological polar surface area (TPSA) is 72.9 Å². The second-order valence-corrected chi connectivity index (χ2v) is 4.07. The molecule has 0 aliphatic carbocycles. The fourth-order valence-corrected chi connectivity index (χ4v) is 1.57. The van der Waals surface area contributed by atoms with Gasteiger partial charge in [-0.3, -0.25) is 9.48 Å². The number of amides is 1. The molecule has 1 amide bonds. The van der Waals surface area contributed by atoms with Crippen LogP contribution >= 0.6 is 11.6 Å². The number of nitrogens with one attached hydrogen (secondary N) is 1. The van der Waals surface area contributed by atoms with E-state index in [1.165, 1.54) is 29.2 Å². The highest BCUT2D eigenvalue weighted by Crippen LogP contribution is 2.19. The Balaban J connectivity index is 2.03. The van der Waals surface area contributed by atoms with Crippen molar-refractivity contribution in [1.82, 2.24) is 9.78 Å². The van der Waals surface area contributed by atoms with Crippen molar-refractivity contribution in [2.24, 2.45) is 0 Å².